The van der Waals surface area contributed by atoms with E-state index < -0.39 is 5.91 Å². The van der Waals surface area contributed by atoms with Crippen LogP contribution in [-0.2, 0) is 6.54 Å². The summed E-state index contributed by atoms with van der Waals surface area (Å²) in [5, 5.41) is 0. The summed E-state index contributed by atoms with van der Waals surface area (Å²) >= 11 is 0. The molecule has 134 valence electrons. The molecule has 0 fully saturated rings. The highest BCUT2D eigenvalue weighted by atomic mass is 16.1. The monoisotopic (exact) mass is 356 g/mol. The Balaban J connectivity index is 1.97. The number of hydrogen-bond donors (Lipinski definition) is 2. The Morgan fingerprint density at radius 1 is 0.926 bits per heavy atom. The van der Waals surface area contributed by atoms with Gasteiger partial charge in [-0.05, 0) is 29.3 Å². The highest BCUT2D eigenvalue weighted by molar-refractivity contribution is 5.97. The van der Waals surface area contributed by atoms with E-state index in [1.54, 1.807) is 12.1 Å². The SMILES string of the molecule is NCCn1c(-c2ccccc2-c2ccccc2)nc2cc(C(N)=O)ccc21. The summed E-state index contributed by atoms with van der Waals surface area (Å²) in [6.07, 6.45) is 0. The minimum Gasteiger partial charge on any atom is -0.366 e. The lowest BCUT2D eigenvalue weighted by atomic mass is 9.99. The van der Waals surface area contributed by atoms with Gasteiger partial charge in [-0.3, -0.25) is 4.79 Å². The molecule has 0 spiro atoms. The van der Waals surface area contributed by atoms with E-state index in [2.05, 4.69) is 28.8 Å². The molecule has 0 saturated carbocycles. The lowest BCUT2D eigenvalue weighted by molar-refractivity contribution is 0.100. The van der Waals surface area contributed by atoms with Crippen molar-refractivity contribution in [3.63, 3.8) is 0 Å². The zero-order valence-corrected chi connectivity index (χ0v) is 14.8. The number of aromatic nitrogens is 2. The molecule has 3 aromatic carbocycles. The fourth-order valence-electron chi connectivity index (χ4n) is 3.39. The Labute approximate surface area is 157 Å². The predicted molar refractivity (Wildman–Crippen MR) is 108 cm³/mol. The summed E-state index contributed by atoms with van der Waals surface area (Å²) in [7, 11) is 0. The number of nitrogens with zero attached hydrogens (tertiary/aromatic N) is 2. The fraction of sp³-hybridized carbons (Fsp3) is 0.0909. The lowest BCUT2D eigenvalue weighted by Crippen LogP contribution is -2.12. The number of carbonyl (C=O) groups excluding carboxylic acids is 1. The van der Waals surface area contributed by atoms with Gasteiger partial charge in [0.2, 0.25) is 5.91 Å². The Hall–Kier alpha value is -3.44. The van der Waals surface area contributed by atoms with Gasteiger partial charge in [-0.15, -0.1) is 0 Å². The van der Waals surface area contributed by atoms with Crippen LogP contribution in [0, 0.1) is 0 Å². The van der Waals surface area contributed by atoms with E-state index in [-0.39, 0.29) is 0 Å². The van der Waals surface area contributed by atoms with E-state index >= 15 is 0 Å². The van der Waals surface area contributed by atoms with E-state index in [9.17, 15) is 4.79 Å². The first-order valence-corrected chi connectivity index (χ1v) is 8.84. The van der Waals surface area contributed by atoms with Crippen LogP contribution >= 0.6 is 0 Å². The van der Waals surface area contributed by atoms with Crippen molar-refractivity contribution in [3.05, 3.63) is 78.4 Å². The molecule has 0 aliphatic carbocycles. The molecule has 4 rings (SSSR count). The molecule has 0 radical (unpaired) electrons. The molecule has 4 aromatic rings. The molecule has 0 aliphatic rings. The number of primary amides is 1. The van der Waals surface area contributed by atoms with Gasteiger partial charge in [0.15, 0.2) is 0 Å². The first-order chi connectivity index (χ1) is 13.2. The van der Waals surface area contributed by atoms with Crippen molar-refractivity contribution in [2.45, 2.75) is 6.54 Å². The average Bonchev–Trinajstić information content (AvgIpc) is 3.06. The van der Waals surface area contributed by atoms with Crippen LogP contribution in [0.4, 0.5) is 0 Å². The number of imidazole rings is 1. The third kappa shape index (κ3) is 3.09. The van der Waals surface area contributed by atoms with Crippen LogP contribution < -0.4 is 11.5 Å². The molecule has 5 nitrogen and oxygen atoms in total. The second-order valence-electron chi connectivity index (χ2n) is 6.36. The standard InChI is InChI=1S/C22H20N4O/c23-12-13-26-20-11-10-16(21(24)27)14-19(20)25-22(26)18-9-5-4-8-17(18)15-6-2-1-3-7-15/h1-11,14H,12-13,23H2,(H2,24,27). The van der Waals surface area contributed by atoms with Gasteiger partial charge in [0.05, 0.1) is 11.0 Å². The first kappa shape index (κ1) is 17.0. The minimum absolute atomic E-state index is 0.447. The summed E-state index contributed by atoms with van der Waals surface area (Å²) in [6, 6.07) is 23.7. The van der Waals surface area contributed by atoms with Crippen molar-refractivity contribution in [2.24, 2.45) is 11.5 Å². The maximum Gasteiger partial charge on any atom is 0.248 e. The molecule has 5 heteroatoms. The van der Waals surface area contributed by atoms with Gasteiger partial charge in [-0.25, -0.2) is 4.98 Å². The molecule has 1 heterocycles. The highest BCUT2D eigenvalue weighted by Crippen LogP contribution is 2.33. The molecule has 0 bridgehead atoms. The average molecular weight is 356 g/mol. The lowest BCUT2D eigenvalue weighted by Gasteiger charge is -2.12. The molecule has 0 unspecified atom stereocenters. The third-order valence-electron chi connectivity index (χ3n) is 4.64. The number of amides is 1. The van der Waals surface area contributed by atoms with E-state index in [0.717, 1.165) is 33.5 Å². The molecular weight excluding hydrogens is 336 g/mol. The normalized spacial score (nSPS) is 11.0. The minimum atomic E-state index is -0.462. The van der Waals surface area contributed by atoms with Crippen LogP contribution in [0.5, 0.6) is 0 Å². The zero-order valence-electron chi connectivity index (χ0n) is 14.8. The fourth-order valence-corrected chi connectivity index (χ4v) is 3.39. The van der Waals surface area contributed by atoms with Crippen LogP contribution in [0.15, 0.2) is 72.8 Å². The van der Waals surface area contributed by atoms with Gasteiger partial charge in [-0.1, -0.05) is 54.6 Å². The summed E-state index contributed by atoms with van der Waals surface area (Å²) in [5.41, 5.74) is 16.6. The number of benzene rings is 3. The summed E-state index contributed by atoms with van der Waals surface area (Å²) in [5.74, 6) is 0.369. The van der Waals surface area contributed by atoms with Crippen molar-refractivity contribution < 1.29 is 4.79 Å². The Morgan fingerprint density at radius 2 is 1.63 bits per heavy atom. The van der Waals surface area contributed by atoms with E-state index in [1.165, 1.54) is 0 Å². The summed E-state index contributed by atoms with van der Waals surface area (Å²) < 4.78 is 2.10. The molecule has 1 aromatic heterocycles. The van der Waals surface area contributed by atoms with E-state index in [0.29, 0.717) is 18.7 Å². The smallest absolute Gasteiger partial charge is 0.248 e. The molecule has 0 aliphatic heterocycles. The first-order valence-electron chi connectivity index (χ1n) is 8.84. The number of rotatable bonds is 5. The number of nitrogens with two attached hydrogens (primary N) is 2. The van der Waals surface area contributed by atoms with Gasteiger partial charge in [0.25, 0.3) is 0 Å². The number of fused-ring (bicyclic) bond motifs is 1. The van der Waals surface area contributed by atoms with Crippen molar-refractivity contribution in [1.82, 2.24) is 9.55 Å². The topological polar surface area (TPSA) is 86.9 Å². The molecule has 0 saturated heterocycles. The second-order valence-corrected chi connectivity index (χ2v) is 6.36. The van der Waals surface area contributed by atoms with E-state index in [1.807, 2.05) is 36.4 Å². The maximum atomic E-state index is 11.5. The largest absolute Gasteiger partial charge is 0.366 e. The Morgan fingerprint density at radius 3 is 2.33 bits per heavy atom. The van der Waals surface area contributed by atoms with Crippen molar-refractivity contribution in [3.8, 4) is 22.5 Å². The number of hydrogen-bond acceptors (Lipinski definition) is 3. The van der Waals surface area contributed by atoms with Crippen molar-refractivity contribution in [2.75, 3.05) is 6.54 Å². The highest BCUT2D eigenvalue weighted by Gasteiger charge is 2.16. The maximum absolute atomic E-state index is 11.5. The van der Waals surface area contributed by atoms with Gasteiger partial charge in [0, 0.05) is 24.2 Å². The summed E-state index contributed by atoms with van der Waals surface area (Å²) in [6.45, 7) is 1.12. The summed E-state index contributed by atoms with van der Waals surface area (Å²) in [4.78, 5) is 16.4. The Bertz CT molecular complexity index is 1120. The van der Waals surface area contributed by atoms with Gasteiger partial charge in [-0.2, -0.15) is 0 Å². The van der Waals surface area contributed by atoms with Gasteiger partial charge >= 0.3 is 0 Å². The third-order valence-corrected chi connectivity index (χ3v) is 4.64. The van der Waals surface area contributed by atoms with Crippen molar-refractivity contribution in [1.29, 1.82) is 0 Å². The van der Waals surface area contributed by atoms with Crippen LogP contribution in [0.2, 0.25) is 0 Å². The molecule has 27 heavy (non-hydrogen) atoms. The van der Waals surface area contributed by atoms with Crippen molar-refractivity contribution >= 4 is 16.9 Å². The number of carbonyl (C=O) groups is 1. The molecular formula is C22H20N4O. The van der Waals surface area contributed by atoms with Crippen LogP contribution in [0.3, 0.4) is 0 Å². The van der Waals surface area contributed by atoms with Crippen LogP contribution in [-0.4, -0.2) is 22.0 Å². The molecule has 0 atom stereocenters. The quantitative estimate of drug-likeness (QED) is 0.574. The van der Waals surface area contributed by atoms with Crippen LogP contribution in [0.25, 0.3) is 33.5 Å². The van der Waals surface area contributed by atoms with Gasteiger partial charge < -0.3 is 16.0 Å². The van der Waals surface area contributed by atoms with E-state index in [4.69, 9.17) is 16.5 Å². The van der Waals surface area contributed by atoms with Gasteiger partial charge in [0.1, 0.15) is 5.82 Å². The predicted octanol–water partition coefficient (Wildman–Crippen LogP) is 3.43. The molecule has 4 N–H and O–H groups in total. The van der Waals surface area contributed by atoms with Crippen LogP contribution in [0.1, 0.15) is 10.4 Å². The Kier molecular flexibility index (Phi) is 4.44. The molecule has 1 amide bonds. The zero-order chi connectivity index (χ0) is 18.8. The second kappa shape index (κ2) is 7.05.